The Morgan fingerprint density at radius 3 is 2.68 bits per heavy atom. The normalized spacial score (nSPS) is 18.3. The molecule has 2 rings (SSSR count). The van der Waals surface area contributed by atoms with Gasteiger partial charge in [0.2, 0.25) is 0 Å². The van der Waals surface area contributed by atoms with Gasteiger partial charge in [0.25, 0.3) is 5.91 Å². The minimum atomic E-state index is -2.90. The van der Waals surface area contributed by atoms with Crippen molar-refractivity contribution < 1.29 is 13.2 Å². The summed E-state index contributed by atoms with van der Waals surface area (Å²) in [6.45, 7) is 3.31. The van der Waals surface area contributed by atoms with Gasteiger partial charge in [-0.3, -0.25) is 4.79 Å². The fourth-order valence-corrected chi connectivity index (χ4v) is 4.15. The lowest BCUT2D eigenvalue weighted by Crippen LogP contribution is -2.39. The van der Waals surface area contributed by atoms with Gasteiger partial charge in [-0.05, 0) is 13.0 Å². The lowest BCUT2D eigenvalue weighted by atomic mass is 10.3. The summed E-state index contributed by atoms with van der Waals surface area (Å²) in [5.74, 6) is 0.128. The van der Waals surface area contributed by atoms with Crippen LogP contribution in [0.1, 0.15) is 16.6 Å². The van der Waals surface area contributed by atoms with Crippen LogP contribution in [0.25, 0.3) is 0 Å². The van der Waals surface area contributed by atoms with Gasteiger partial charge in [0.15, 0.2) is 9.84 Å². The first-order valence-corrected chi connectivity index (χ1v) is 8.69. The van der Waals surface area contributed by atoms with E-state index in [4.69, 9.17) is 5.73 Å². The molecule has 1 aliphatic heterocycles. The van der Waals surface area contributed by atoms with Gasteiger partial charge < -0.3 is 16.0 Å². The fraction of sp³-hybridized carbons (Fsp3) is 0.545. The maximum atomic E-state index is 11.8. The van der Waals surface area contributed by atoms with Gasteiger partial charge in [0.1, 0.15) is 4.88 Å². The molecule has 0 saturated carbocycles. The first-order valence-electron chi connectivity index (χ1n) is 6.06. The molecule has 0 spiro atoms. The van der Waals surface area contributed by atoms with Crippen molar-refractivity contribution in [1.82, 2.24) is 5.32 Å². The SMILES string of the molecule is CCNC(=O)c1sc(N2CCS(=O)(=O)CC2)cc1N. The number of hydrogen-bond donors (Lipinski definition) is 2. The molecule has 1 saturated heterocycles. The van der Waals surface area contributed by atoms with Gasteiger partial charge in [-0.25, -0.2) is 8.42 Å². The van der Waals surface area contributed by atoms with Crippen molar-refractivity contribution in [3.63, 3.8) is 0 Å². The maximum absolute atomic E-state index is 11.8. The van der Waals surface area contributed by atoms with Crippen LogP contribution in [-0.4, -0.2) is 45.5 Å². The number of rotatable bonds is 3. The highest BCUT2D eigenvalue weighted by atomic mass is 32.2. The highest BCUT2D eigenvalue weighted by Gasteiger charge is 2.24. The molecule has 8 heteroatoms. The summed E-state index contributed by atoms with van der Waals surface area (Å²) >= 11 is 1.31. The third-order valence-corrected chi connectivity index (χ3v) is 5.77. The molecule has 0 atom stereocenters. The second-order valence-corrected chi connectivity index (χ2v) is 7.70. The van der Waals surface area contributed by atoms with Crippen LogP contribution in [0, 0.1) is 0 Å². The van der Waals surface area contributed by atoms with Crippen molar-refractivity contribution in [3.8, 4) is 0 Å². The first kappa shape index (κ1) is 14.1. The van der Waals surface area contributed by atoms with Crippen LogP contribution < -0.4 is 16.0 Å². The van der Waals surface area contributed by atoms with E-state index in [1.165, 1.54) is 11.3 Å². The van der Waals surface area contributed by atoms with Crippen molar-refractivity contribution in [2.75, 3.05) is 41.8 Å². The summed E-state index contributed by atoms with van der Waals surface area (Å²) in [7, 11) is -2.90. The number of nitrogen functional groups attached to an aromatic ring is 1. The third kappa shape index (κ3) is 3.19. The second kappa shape index (κ2) is 5.38. The smallest absolute Gasteiger partial charge is 0.263 e. The van der Waals surface area contributed by atoms with Gasteiger partial charge >= 0.3 is 0 Å². The number of carbonyl (C=O) groups is 1. The Bertz CT molecular complexity index is 566. The summed E-state index contributed by atoms with van der Waals surface area (Å²) in [5, 5.41) is 3.56. The number of carbonyl (C=O) groups excluding carboxylic acids is 1. The van der Waals surface area contributed by atoms with E-state index in [-0.39, 0.29) is 17.4 Å². The molecule has 0 aromatic carbocycles. The van der Waals surface area contributed by atoms with E-state index in [0.29, 0.717) is 30.2 Å². The number of thiophene rings is 1. The van der Waals surface area contributed by atoms with E-state index in [1.54, 1.807) is 6.07 Å². The summed E-state index contributed by atoms with van der Waals surface area (Å²) in [6.07, 6.45) is 0. The van der Waals surface area contributed by atoms with Crippen LogP contribution >= 0.6 is 11.3 Å². The average molecular weight is 303 g/mol. The molecule has 1 amide bonds. The molecule has 19 heavy (non-hydrogen) atoms. The Morgan fingerprint density at radius 2 is 2.11 bits per heavy atom. The molecule has 0 aliphatic carbocycles. The predicted octanol–water partition coefficient (Wildman–Crippen LogP) is 0.315. The summed E-state index contributed by atoms with van der Waals surface area (Å²) in [5.41, 5.74) is 6.28. The molecule has 0 radical (unpaired) electrons. The molecule has 0 unspecified atom stereocenters. The highest BCUT2D eigenvalue weighted by molar-refractivity contribution is 7.91. The zero-order valence-corrected chi connectivity index (χ0v) is 12.3. The van der Waals surface area contributed by atoms with E-state index in [1.807, 2.05) is 11.8 Å². The number of nitrogens with two attached hydrogens (primary N) is 1. The standard InChI is InChI=1S/C11H17N3O3S2/c1-2-13-11(15)10-8(12)7-9(18-10)14-3-5-19(16,17)6-4-14/h7H,2-6,12H2,1H3,(H,13,15). The summed E-state index contributed by atoms with van der Waals surface area (Å²) < 4.78 is 22.8. The van der Waals surface area contributed by atoms with Crippen LogP contribution in [0.5, 0.6) is 0 Å². The highest BCUT2D eigenvalue weighted by Crippen LogP contribution is 2.32. The monoisotopic (exact) mass is 303 g/mol. The van der Waals surface area contributed by atoms with E-state index >= 15 is 0 Å². The topological polar surface area (TPSA) is 92.5 Å². The minimum Gasteiger partial charge on any atom is -0.397 e. The number of sulfone groups is 1. The van der Waals surface area contributed by atoms with Gasteiger partial charge in [0.05, 0.1) is 22.2 Å². The van der Waals surface area contributed by atoms with Crippen molar-refractivity contribution in [1.29, 1.82) is 0 Å². The molecular weight excluding hydrogens is 286 g/mol. The number of anilines is 2. The third-order valence-electron chi connectivity index (χ3n) is 2.95. The van der Waals surface area contributed by atoms with E-state index in [9.17, 15) is 13.2 Å². The molecular formula is C11H17N3O3S2. The summed E-state index contributed by atoms with van der Waals surface area (Å²) in [6, 6.07) is 1.74. The van der Waals surface area contributed by atoms with Crippen LogP contribution in [0.4, 0.5) is 10.7 Å². The van der Waals surface area contributed by atoms with Crippen LogP contribution in [0.3, 0.4) is 0 Å². The molecule has 0 bridgehead atoms. The zero-order chi connectivity index (χ0) is 14.0. The van der Waals surface area contributed by atoms with Crippen LogP contribution in [-0.2, 0) is 9.84 Å². The predicted molar refractivity (Wildman–Crippen MR) is 77.6 cm³/mol. The maximum Gasteiger partial charge on any atom is 0.263 e. The molecule has 1 fully saturated rings. The lowest BCUT2D eigenvalue weighted by Gasteiger charge is -2.27. The van der Waals surface area contributed by atoms with Crippen molar-refractivity contribution in [3.05, 3.63) is 10.9 Å². The minimum absolute atomic E-state index is 0.154. The molecule has 2 heterocycles. The number of amides is 1. The van der Waals surface area contributed by atoms with Crippen LogP contribution in [0.15, 0.2) is 6.07 Å². The number of nitrogens with one attached hydrogen (secondary N) is 1. The lowest BCUT2D eigenvalue weighted by molar-refractivity contribution is 0.0960. The van der Waals surface area contributed by atoms with Gasteiger partial charge in [0, 0.05) is 19.6 Å². The van der Waals surface area contributed by atoms with Crippen molar-refractivity contribution >= 4 is 37.8 Å². The van der Waals surface area contributed by atoms with Crippen LogP contribution in [0.2, 0.25) is 0 Å². The van der Waals surface area contributed by atoms with E-state index in [0.717, 1.165) is 5.00 Å². The first-order chi connectivity index (χ1) is 8.93. The molecule has 3 N–H and O–H groups in total. The van der Waals surface area contributed by atoms with Gasteiger partial charge in [-0.15, -0.1) is 11.3 Å². The molecule has 106 valence electrons. The van der Waals surface area contributed by atoms with Crippen molar-refractivity contribution in [2.45, 2.75) is 6.92 Å². The zero-order valence-electron chi connectivity index (χ0n) is 10.7. The average Bonchev–Trinajstić information content (AvgIpc) is 2.71. The Kier molecular flexibility index (Phi) is 4.00. The quantitative estimate of drug-likeness (QED) is 0.838. The summed E-state index contributed by atoms with van der Waals surface area (Å²) in [4.78, 5) is 14.2. The Labute approximate surface area is 116 Å². The van der Waals surface area contributed by atoms with Crippen molar-refractivity contribution in [2.24, 2.45) is 0 Å². The van der Waals surface area contributed by atoms with E-state index in [2.05, 4.69) is 5.32 Å². The number of nitrogens with zero attached hydrogens (tertiary/aromatic N) is 1. The van der Waals surface area contributed by atoms with Gasteiger partial charge in [-0.1, -0.05) is 0 Å². The number of hydrogen-bond acceptors (Lipinski definition) is 6. The van der Waals surface area contributed by atoms with Gasteiger partial charge in [-0.2, -0.15) is 0 Å². The largest absolute Gasteiger partial charge is 0.397 e. The molecule has 6 nitrogen and oxygen atoms in total. The fourth-order valence-electron chi connectivity index (χ4n) is 1.90. The Balaban J connectivity index is 2.14. The Hall–Kier alpha value is -1.28. The molecule has 1 aromatic rings. The molecule has 1 aliphatic rings. The van der Waals surface area contributed by atoms with E-state index < -0.39 is 9.84 Å². The molecule has 1 aromatic heterocycles. The second-order valence-electron chi connectivity index (χ2n) is 4.37. The Morgan fingerprint density at radius 1 is 1.47 bits per heavy atom.